The number of carbonyl (C=O) groups excluding carboxylic acids is 2. The van der Waals surface area contributed by atoms with Crippen LogP contribution in [0.15, 0.2) is 72.4 Å². The van der Waals surface area contributed by atoms with Crippen LogP contribution in [0.2, 0.25) is 0 Å². The van der Waals surface area contributed by atoms with Gasteiger partial charge in [-0.2, -0.15) is 0 Å². The number of amides is 2. The molecule has 1 N–H and O–H groups in total. The van der Waals surface area contributed by atoms with Crippen LogP contribution in [0, 0.1) is 30.9 Å². The fourth-order valence-electron chi connectivity index (χ4n) is 3.61. The lowest BCUT2D eigenvalue weighted by molar-refractivity contribution is -0.384. The number of rotatable bonds is 5. The maximum atomic E-state index is 13.5. The zero-order chi connectivity index (χ0) is 23.0. The average Bonchev–Trinajstić information content (AvgIpc) is 3.01. The third kappa shape index (κ3) is 3.65. The predicted molar refractivity (Wildman–Crippen MR) is 123 cm³/mol. The highest BCUT2D eigenvalue weighted by Gasteiger charge is 2.40. The van der Waals surface area contributed by atoms with E-state index in [2.05, 4.69) is 5.32 Å². The molecular formula is C25H21N3O4. The van der Waals surface area contributed by atoms with Gasteiger partial charge >= 0.3 is 0 Å². The molecule has 1 aliphatic rings. The second kappa shape index (κ2) is 8.11. The molecule has 7 nitrogen and oxygen atoms in total. The van der Waals surface area contributed by atoms with Crippen molar-refractivity contribution in [3.05, 3.63) is 105 Å². The predicted octanol–water partition coefficient (Wildman–Crippen LogP) is 4.92. The van der Waals surface area contributed by atoms with E-state index in [0.717, 1.165) is 21.6 Å². The number of nitro benzene ring substituents is 1. The fraction of sp³-hybridized carbons (Fsp3) is 0.120. The molecule has 1 aliphatic heterocycles. The molecule has 1 heterocycles. The van der Waals surface area contributed by atoms with Crippen molar-refractivity contribution in [1.29, 1.82) is 0 Å². The van der Waals surface area contributed by atoms with Gasteiger partial charge in [-0.15, -0.1) is 0 Å². The molecule has 3 aromatic carbocycles. The highest BCUT2D eigenvalue weighted by molar-refractivity contribution is 6.46. The highest BCUT2D eigenvalue weighted by atomic mass is 16.6. The zero-order valence-corrected chi connectivity index (χ0v) is 17.9. The van der Waals surface area contributed by atoms with E-state index in [1.165, 1.54) is 24.3 Å². The zero-order valence-electron chi connectivity index (χ0n) is 17.9. The van der Waals surface area contributed by atoms with Crippen LogP contribution in [0.1, 0.15) is 22.3 Å². The normalized spacial score (nSPS) is 13.7. The van der Waals surface area contributed by atoms with Crippen LogP contribution in [0.3, 0.4) is 0 Å². The van der Waals surface area contributed by atoms with Gasteiger partial charge in [0, 0.05) is 17.8 Å². The molecule has 32 heavy (non-hydrogen) atoms. The standard InChI is InChI=1S/C25H21N3O4/c1-15-8-11-20(14-17(15)3)27-24(29)22(18-9-12-19(13-10-18)28(31)32)23(25(27)30)26-21-7-5-4-6-16(21)2/h4-14,26H,1-3H3. The summed E-state index contributed by atoms with van der Waals surface area (Å²) in [5, 5.41) is 14.2. The van der Waals surface area contributed by atoms with Crippen LogP contribution in [-0.2, 0) is 9.59 Å². The maximum Gasteiger partial charge on any atom is 0.282 e. The molecule has 0 aliphatic carbocycles. The van der Waals surface area contributed by atoms with Crippen molar-refractivity contribution >= 4 is 34.4 Å². The van der Waals surface area contributed by atoms with E-state index in [-0.39, 0.29) is 17.0 Å². The molecule has 0 atom stereocenters. The first-order valence-corrected chi connectivity index (χ1v) is 10.1. The molecule has 4 rings (SSSR count). The van der Waals surface area contributed by atoms with Crippen molar-refractivity contribution in [2.75, 3.05) is 10.2 Å². The number of hydrogen-bond acceptors (Lipinski definition) is 5. The third-order valence-electron chi connectivity index (χ3n) is 5.60. The number of para-hydroxylation sites is 1. The van der Waals surface area contributed by atoms with Crippen LogP contribution in [0.5, 0.6) is 0 Å². The lowest BCUT2D eigenvalue weighted by Crippen LogP contribution is -2.32. The third-order valence-corrected chi connectivity index (χ3v) is 5.60. The van der Waals surface area contributed by atoms with E-state index in [9.17, 15) is 19.7 Å². The van der Waals surface area contributed by atoms with Gasteiger partial charge < -0.3 is 5.32 Å². The first kappa shape index (κ1) is 21.0. The topological polar surface area (TPSA) is 92.6 Å². The minimum Gasteiger partial charge on any atom is -0.350 e. The van der Waals surface area contributed by atoms with Crippen LogP contribution >= 0.6 is 0 Å². The first-order chi connectivity index (χ1) is 15.3. The number of nitro groups is 1. The Labute approximate surface area is 185 Å². The molecule has 0 spiro atoms. The number of nitrogens with zero attached hydrogens (tertiary/aromatic N) is 2. The van der Waals surface area contributed by atoms with E-state index in [1.54, 1.807) is 12.1 Å². The van der Waals surface area contributed by atoms with Gasteiger partial charge in [-0.25, -0.2) is 4.90 Å². The van der Waals surface area contributed by atoms with Crippen molar-refractivity contribution in [1.82, 2.24) is 0 Å². The number of benzene rings is 3. The number of hydrogen-bond donors (Lipinski definition) is 1. The van der Waals surface area contributed by atoms with Crippen molar-refractivity contribution in [3.63, 3.8) is 0 Å². The Kier molecular flexibility index (Phi) is 5.32. The summed E-state index contributed by atoms with van der Waals surface area (Å²) in [7, 11) is 0. The summed E-state index contributed by atoms with van der Waals surface area (Å²) in [6, 6.07) is 18.5. The summed E-state index contributed by atoms with van der Waals surface area (Å²) in [6.45, 7) is 5.77. The number of non-ortho nitro benzene ring substituents is 1. The van der Waals surface area contributed by atoms with E-state index in [4.69, 9.17) is 0 Å². The molecule has 0 fully saturated rings. The molecule has 0 bridgehead atoms. The smallest absolute Gasteiger partial charge is 0.282 e. The van der Waals surface area contributed by atoms with E-state index in [1.807, 2.05) is 51.1 Å². The Morgan fingerprint density at radius 3 is 2.12 bits per heavy atom. The van der Waals surface area contributed by atoms with Gasteiger partial charge in [0.1, 0.15) is 5.70 Å². The second-order valence-corrected chi connectivity index (χ2v) is 7.71. The summed E-state index contributed by atoms with van der Waals surface area (Å²) >= 11 is 0. The Bertz CT molecular complexity index is 1290. The Hall–Kier alpha value is -4.26. The minimum absolute atomic E-state index is 0.0921. The summed E-state index contributed by atoms with van der Waals surface area (Å²) in [4.78, 5) is 38.6. The Morgan fingerprint density at radius 2 is 1.50 bits per heavy atom. The van der Waals surface area contributed by atoms with Crippen molar-refractivity contribution < 1.29 is 14.5 Å². The summed E-state index contributed by atoms with van der Waals surface area (Å²) in [6.07, 6.45) is 0. The van der Waals surface area contributed by atoms with E-state index in [0.29, 0.717) is 16.9 Å². The molecule has 3 aromatic rings. The fourth-order valence-corrected chi connectivity index (χ4v) is 3.61. The van der Waals surface area contributed by atoms with Crippen molar-refractivity contribution in [2.24, 2.45) is 0 Å². The van der Waals surface area contributed by atoms with Gasteiger partial charge in [0.2, 0.25) is 0 Å². The van der Waals surface area contributed by atoms with Crippen LogP contribution in [0.4, 0.5) is 17.1 Å². The largest absolute Gasteiger partial charge is 0.350 e. The second-order valence-electron chi connectivity index (χ2n) is 7.71. The molecule has 2 amide bonds. The van der Waals surface area contributed by atoms with Gasteiger partial charge in [0.25, 0.3) is 17.5 Å². The molecule has 0 unspecified atom stereocenters. The number of carbonyl (C=O) groups is 2. The molecular weight excluding hydrogens is 406 g/mol. The number of aryl methyl sites for hydroxylation is 3. The molecule has 160 valence electrons. The first-order valence-electron chi connectivity index (χ1n) is 10.1. The Morgan fingerprint density at radius 1 is 0.812 bits per heavy atom. The van der Waals surface area contributed by atoms with E-state index >= 15 is 0 Å². The van der Waals surface area contributed by atoms with Gasteiger partial charge in [-0.05, 0) is 73.4 Å². The lowest BCUT2D eigenvalue weighted by Gasteiger charge is -2.17. The summed E-state index contributed by atoms with van der Waals surface area (Å²) in [5.74, 6) is -0.960. The van der Waals surface area contributed by atoms with Gasteiger partial charge in [-0.3, -0.25) is 19.7 Å². The molecule has 7 heteroatoms. The van der Waals surface area contributed by atoms with Gasteiger partial charge in [-0.1, -0.05) is 24.3 Å². The highest BCUT2D eigenvalue weighted by Crippen LogP contribution is 2.35. The van der Waals surface area contributed by atoms with Gasteiger partial charge in [0.05, 0.1) is 16.2 Å². The quantitative estimate of drug-likeness (QED) is 0.355. The summed E-state index contributed by atoms with van der Waals surface area (Å²) < 4.78 is 0. The average molecular weight is 427 g/mol. The number of imide groups is 1. The Balaban J connectivity index is 1.84. The van der Waals surface area contributed by atoms with E-state index < -0.39 is 16.7 Å². The molecule has 0 aromatic heterocycles. The van der Waals surface area contributed by atoms with Gasteiger partial charge in [0.15, 0.2) is 0 Å². The minimum atomic E-state index is -0.506. The van der Waals surface area contributed by atoms with Crippen molar-refractivity contribution in [3.8, 4) is 0 Å². The number of anilines is 2. The molecule has 0 saturated heterocycles. The SMILES string of the molecule is Cc1ccc(N2C(=O)C(Nc3ccccc3C)=C(c3ccc([N+](=O)[O-])cc3)C2=O)cc1C. The molecule has 0 radical (unpaired) electrons. The lowest BCUT2D eigenvalue weighted by atomic mass is 10.0. The van der Waals surface area contributed by atoms with Crippen LogP contribution in [-0.4, -0.2) is 16.7 Å². The summed E-state index contributed by atoms with van der Waals surface area (Å²) in [5.41, 5.74) is 4.74. The van der Waals surface area contributed by atoms with Crippen molar-refractivity contribution in [2.45, 2.75) is 20.8 Å². The van der Waals surface area contributed by atoms with Crippen LogP contribution in [0.25, 0.3) is 5.57 Å². The maximum absolute atomic E-state index is 13.5. The number of nitrogens with one attached hydrogen (secondary N) is 1. The van der Waals surface area contributed by atoms with Crippen LogP contribution < -0.4 is 10.2 Å². The monoisotopic (exact) mass is 427 g/mol. The molecule has 0 saturated carbocycles.